The van der Waals surface area contributed by atoms with Crippen LogP contribution in [-0.2, 0) is 4.79 Å². The highest BCUT2D eigenvalue weighted by atomic mass is 32.2. The summed E-state index contributed by atoms with van der Waals surface area (Å²) in [5.41, 5.74) is 4.20. The van der Waals surface area contributed by atoms with E-state index in [1.54, 1.807) is 12.4 Å². The zero-order chi connectivity index (χ0) is 16.6. The molecule has 1 N–H and O–H groups in total. The summed E-state index contributed by atoms with van der Waals surface area (Å²) in [7, 11) is 0. The molecule has 6 nitrogen and oxygen atoms in total. The Balaban J connectivity index is 1.48. The van der Waals surface area contributed by atoms with Gasteiger partial charge in [0.1, 0.15) is 5.69 Å². The van der Waals surface area contributed by atoms with Crippen molar-refractivity contribution in [1.29, 1.82) is 0 Å². The molecule has 2 heterocycles. The number of carbonyl (C=O) groups excluding carboxylic acids is 1. The second-order valence-corrected chi connectivity index (χ2v) is 6.78. The van der Waals surface area contributed by atoms with Gasteiger partial charge in [0.25, 0.3) is 5.91 Å². The van der Waals surface area contributed by atoms with Crippen molar-refractivity contribution >= 4 is 35.2 Å². The fourth-order valence-electron chi connectivity index (χ4n) is 1.74. The van der Waals surface area contributed by atoms with Crippen molar-refractivity contribution in [3.8, 4) is 10.7 Å². The first-order valence-corrected chi connectivity index (χ1v) is 8.86. The lowest BCUT2D eigenvalue weighted by molar-refractivity contribution is -0.118. The van der Waals surface area contributed by atoms with E-state index in [9.17, 15) is 4.79 Å². The Morgan fingerprint density at radius 1 is 1.17 bits per heavy atom. The highest BCUT2D eigenvalue weighted by Crippen LogP contribution is 2.27. The van der Waals surface area contributed by atoms with Crippen LogP contribution in [0.1, 0.15) is 5.56 Å². The molecule has 120 valence electrons. The number of hydrazone groups is 1. The second kappa shape index (κ2) is 8.32. The summed E-state index contributed by atoms with van der Waals surface area (Å²) in [6.07, 6.45) is 3.31. The zero-order valence-electron chi connectivity index (χ0n) is 12.5. The molecule has 0 spiro atoms. The maximum absolute atomic E-state index is 11.8. The minimum absolute atomic E-state index is 0.193. The molecule has 3 aromatic rings. The lowest BCUT2D eigenvalue weighted by Crippen LogP contribution is -2.19. The standard InChI is InChI=1S/C16H13N5OS2/c22-14(19-18-10-12-6-2-1-3-7-12)11-23-16-21-20-15(24-16)13-8-4-5-9-17-13/h1-10H,11H2,(H,19,22)/b18-10+. The molecule has 1 amide bonds. The van der Waals surface area contributed by atoms with E-state index >= 15 is 0 Å². The van der Waals surface area contributed by atoms with Gasteiger partial charge in [-0.05, 0) is 17.7 Å². The van der Waals surface area contributed by atoms with Crippen LogP contribution in [0.15, 0.2) is 64.2 Å². The molecule has 3 rings (SSSR count). The van der Waals surface area contributed by atoms with E-state index in [1.807, 2.05) is 48.5 Å². The van der Waals surface area contributed by atoms with Crippen molar-refractivity contribution in [2.45, 2.75) is 4.34 Å². The minimum atomic E-state index is -0.193. The Morgan fingerprint density at radius 2 is 2.00 bits per heavy atom. The van der Waals surface area contributed by atoms with Crippen LogP contribution in [0.4, 0.5) is 0 Å². The first-order valence-electron chi connectivity index (χ1n) is 7.06. The molecule has 0 unspecified atom stereocenters. The largest absolute Gasteiger partial charge is 0.272 e. The summed E-state index contributed by atoms with van der Waals surface area (Å²) in [6.45, 7) is 0. The molecule has 0 atom stereocenters. The van der Waals surface area contributed by atoms with Gasteiger partial charge in [0.15, 0.2) is 9.35 Å². The average molecular weight is 355 g/mol. The molecule has 0 aliphatic carbocycles. The number of aromatic nitrogens is 3. The predicted molar refractivity (Wildman–Crippen MR) is 96.0 cm³/mol. The number of rotatable bonds is 6. The highest BCUT2D eigenvalue weighted by molar-refractivity contribution is 8.01. The number of benzene rings is 1. The number of carbonyl (C=O) groups is 1. The SMILES string of the molecule is O=C(CSc1nnc(-c2ccccn2)s1)N/N=C/c1ccccc1. The molecule has 0 aliphatic rings. The number of thioether (sulfide) groups is 1. The summed E-state index contributed by atoms with van der Waals surface area (Å²) in [6, 6.07) is 15.2. The first-order chi connectivity index (χ1) is 11.8. The molecular formula is C16H13N5OS2. The number of nitrogens with zero attached hydrogens (tertiary/aromatic N) is 4. The van der Waals surface area contributed by atoms with Gasteiger partial charge < -0.3 is 0 Å². The molecule has 0 saturated carbocycles. The van der Waals surface area contributed by atoms with Crippen LogP contribution in [0, 0.1) is 0 Å². The lowest BCUT2D eigenvalue weighted by Gasteiger charge is -1.97. The molecule has 8 heteroatoms. The zero-order valence-corrected chi connectivity index (χ0v) is 14.1. The number of nitrogens with one attached hydrogen (secondary N) is 1. The quantitative estimate of drug-likeness (QED) is 0.418. The van der Waals surface area contributed by atoms with Crippen LogP contribution in [0.25, 0.3) is 10.7 Å². The van der Waals surface area contributed by atoms with Crippen LogP contribution in [0.3, 0.4) is 0 Å². The maximum Gasteiger partial charge on any atom is 0.250 e. The Bertz CT molecular complexity index is 821. The third-order valence-electron chi connectivity index (χ3n) is 2.82. The average Bonchev–Trinajstić information content (AvgIpc) is 3.11. The summed E-state index contributed by atoms with van der Waals surface area (Å²) in [5.74, 6) is 0.0324. The summed E-state index contributed by atoms with van der Waals surface area (Å²) >= 11 is 2.73. The number of pyridine rings is 1. The van der Waals surface area contributed by atoms with Crippen LogP contribution in [-0.4, -0.2) is 33.1 Å². The Labute approximate surface area is 147 Å². The van der Waals surface area contributed by atoms with Gasteiger partial charge >= 0.3 is 0 Å². The van der Waals surface area contributed by atoms with E-state index in [4.69, 9.17) is 0 Å². The summed E-state index contributed by atoms with van der Waals surface area (Å²) in [4.78, 5) is 16.0. The van der Waals surface area contributed by atoms with Crippen molar-refractivity contribution in [3.05, 3.63) is 60.3 Å². The van der Waals surface area contributed by atoms with Crippen LogP contribution in [0.5, 0.6) is 0 Å². The van der Waals surface area contributed by atoms with Gasteiger partial charge in [-0.15, -0.1) is 10.2 Å². The van der Waals surface area contributed by atoms with Crippen LogP contribution < -0.4 is 5.43 Å². The predicted octanol–water partition coefficient (Wildman–Crippen LogP) is 2.84. The topological polar surface area (TPSA) is 80.1 Å². The van der Waals surface area contributed by atoms with Gasteiger partial charge in [-0.3, -0.25) is 9.78 Å². The fraction of sp³-hybridized carbons (Fsp3) is 0.0625. The first kappa shape index (κ1) is 16.3. The maximum atomic E-state index is 11.8. The molecular weight excluding hydrogens is 342 g/mol. The molecule has 0 bridgehead atoms. The van der Waals surface area contributed by atoms with Crippen molar-refractivity contribution in [2.75, 3.05) is 5.75 Å². The van der Waals surface area contributed by atoms with Gasteiger partial charge in [0.2, 0.25) is 0 Å². The van der Waals surface area contributed by atoms with Crippen LogP contribution >= 0.6 is 23.1 Å². The van der Waals surface area contributed by atoms with Crippen molar-refractivity contribution in [3.63, 3.8) is 0 Å². The van der Waals surface area contributed by atoms with Gasteiger partial charge in [-0.2, -0.15) is 5.10 Å². The third kappa shape index (κ3) is 4.71. The third-order valence-corrected chi connectivity index (χ3v) is 4.90. The van der Waals surface area contributed by atoms with Gasteiger partial charge in [-0.25, -0.2) is 5.43 Å². The molecule has 24 heavy (non-hydrogen) atoms. The van der Waals surface area contributed by atoms with E-state index in [1.165, 1.54) is 23.1 Å². The summed E-state index contributed by atoms with van der Waals surface area (Å²) < 4.78 is 0.720. The van der Waals surface area contributed by atoms with E-state index in [-0.39, 0.29) is 11.7 Å². The van der Waals surface area contributed by atoms with Gasteiger partial charge in [0.05, 0.1) is 12.0 Å². The normalized spacial score (nSPS) is 10.8. The number of hydrogen-bond donors (Lipinski definition) is 1. The molecule has 0 fully saturated rings. The van der Waals surface area contributed by atoms with E-state index in [0.717, 1.165) is 20.6 Å². The smallest absolute Gasteiger partial charge is 0.250 e. The van der Waals surface area contributed by atoms with Gasteiger partial charge in [0, 0.05) is 6.20 Å². The fourth-order valence-corrected chi connectivity index (χ4v) is 3.36. The van der Waals surface area contributed by atoms with Crippen molar-refractivity contribution in [2.24, 2.45) is 5.10 Å². The van der Waals surface area contributed by atoms with E-state index in [2.05, 4.69) is 25.7 Å². The molecule has 2 aromatic heterocycles. The molecule has 0 aliphatic heterocycles. The van der Waals surface area contributed by atoms with E-state index in [0.29, 0.717) is 0 Å². The van der Waals surface area contributed by atoms with Crippen molar-refractivity contribution < 1.29 is 4.79 Å². The Kier molecular flexibility index (Phi) is 5.65. The minimum Gasteiger partial charge on any atom is -0.272 e. The van der Waals surface area contributed by atoms with Gasteiger partial charge in [-0.1, -0.05) is 59.5 Å². The van der Waals surface area contributed by atoms with Crippen molar-refractivity contribution in [1.82, 2.24) is 20.6 Å². The van der Waals surface area contributed by atoms with Crippen LogP contribution in [0.2, 0.25) is 0 Å². The Hall–Kier alpha value is -2.58. The second-order valence-electron chi connectivity index (χ2n) is 4.58. The summed E-state index contributed by atoms with van der Waals surface area (Å²) in [5, 5.41) is 12.8. The molecule has 0 saturated heterocycles. The number of hydrogen-bond acceptors (Lipinski definition) is 7. The monoisotopic (exact) mass is 355 g/mol. The molecule has 0 radical (unpaired) electrons. The Morgan fingerprint density at radius 3 is 2.79 bits per heavy atom. The molecule has 1 aromatic carbocycles. The lowest BCUT2D eigenvalue weighted by atomic mass is 10.2. The number of amides is 1. The highest BCUT2D eigenvalue weighted by Gasteiger charge is 2.09. The van der Waals surface area contributed by atoms with E-state index < -0.39 is 0 Å².